The van der Waals surface area contributed by atoms with Crippen LogP contribution in [0.15, 0.2) is 11.6 Å². The van der Waals surface area contributed by atoms with Crippen LogP contribution in [0.3, 0.4) is 0 Å². The zero-order valence-electron chi connectivity index (χ0n) is 24.7. The number of carbonyl (C=O) groups is 2. The van der Waals surface area contributed by atoms with Gasteiger partial charge in [0.05, 0.1) is 25.2 Å². The average molecular weight is 569 g/mol. The van der Waals surface area contributed by atoms with Crippen molar-refractivity contribution in [2.75, 3.05) is 38.8 Å². The largest absolute Gasteiger partial charge is 0.463 e. The topological polar surface area (TPSA) is 77.1 Å². The van der Waals surface area contributed by atoms with Crippen LogP contribution in [-0.4, -0.2) is 61.9 Å². The number of unbranched alkanes of at least 4 members (excludes halogenated alkanes) is 14. The second-order valence-electron chi connectivity index (χ2n) is 11.2. The molecule has 0 aromatic rings. The maximum atomic E-state index is 12.0. The summed E-state index contributed by atoms with van der Waals surface area (Å²) in [6.45, 7) is 5.16. The standard InChI is InChI=1S/C31H56N2O5S/c1-2-3-4-5-6-7-8-9-10-11-12-13-16-19-32-31(35)38-25-28-23-29(36-24-28)26-37-30(34)18-15-14-17-20-33-21-22-39-27-33/h21-22,28-29H,2-20,23-27H2,1H3,(H,32,35). The third-order valence-electron chi connectivity index (χ3n) is 7.53. The molecule has 1 fully saturated rings. The van der Waals surface area contributed by atoms with Gasteiger partial charge in [-0.3, -0.25) is 4.79 Å². The lowest BCUT2D eigenvalue weighted by Gasteiger charge is -2.14. The quantitative estimate of drug-likeness (QED) is 0.0940. The van der Waals surface area contributed by atoms with E-state index in [0.29, 0.717) is 26.2 Å². The molecule has 39 heavy (non-hydrogen) atoms. The van der Waals surface area contributed by atoms with Crippen LogP contribution in [0.2, 0.25) is 0 Å². The summed E-state index contributed by atoms with van der Waals surface area (Å²) in [6, 6.07) is 0. The van der Waals surface area contributed by atoms with E-state index in [1.807, 2.05) is 11.8 Å². The lowest BCUT2D eigenvalue weighted by Crippen LogP contribution is -2.27. The predicted octanol–water partition coefficient (Wildman–Crippen LogP) is 7.79. The third-order valence-corrected chi connectivity index (χ3v) is 8.32. The van der Waals surface area contributed by atoms with Crippen molar-refractivity contribution in [2.24, 2.45) is 5.92 Å². The zero-order chi connectivity index (χ0) is 27.8. The monoisotopic (exact) mass is 568 g/mol. The molecule has 2 unspecified atom stereocenters. The number of rotatable bonds is 24. The van der Waals surface area contributed by atoms with Gasteiger partial charge in [-0.05, 0) is 31.1 Å². The molecule has 2 atom stereocenters. The molecule has 0 spiro atoms. The smallest absolute Gasteiger partial charge is 0.407 e. The number of ether oxygens (including phenoxy) is 3. The molecule has 2 rings (SSSR count). The number of carbonyl (C=O) groups excluding carboxylic acids is 2. The number of hydrogen-bond acceptors (Lipinski definition) is 7. The molecule has 7 nitrogen and oxygen atoms in total. The van der Waals surface area contributed by atoms with E-state index in [-0.39, 0.29) is 30.7 Å². The van der Waals surface area contributed by atoms with Gasteiger partial charge in [-0.2, -0.15) is 0 Å². The highest BCUT2D eigenvalue weighted by atomic mass is 32.2. The first-order chi connectivity index (χ1) is 19.2. The van der Waals surface area contributed by atoms with Crippen LogP contribution in [-0.2, 0) is 19.0 Å². The number of amides is 1. The molecule has 0 aliphatic carbocycles. The van der Waals surface area contributed by atoms with E-state index in [9.17, 15) is 9.59 Å². The van der Waals surface area contributed by atoms with Gasteiger partial charge in [0.15, 0.2) is 0 Å². The molecule has 0 bridgehead atoms. The SMILES string of the molecule is CCCCCCCCCCCCCCCNC(=O)OCC1COC(COC(=O)CCCCCN2C=CSC2)C1. The first-order valence-electron chi connectivity index (χ1n) is 15.9. The van der Waals surface area contributed by atoms with E-state index in [4.69, 9.17) is 14.2 Å². The van der Waals surface area contributed by atoms with Crippen molar-refractivity contribution in [3.8, 4) is 0 Å². The molecule has 2 aliphatic rings. The molecule has 0 aromatic heterocycles. The highest BCUT2D eigenvalue weighted by molar-refractivity contribution is 8.02. The zero-order valence-corrected chi connectivity index (χ0v) is 25.5. The molecule has 2 aliphatic heterocycles. The molecule has 1 saturated heterocycles. The van der Waals surface area contributed by atoms with Gasteiger partial charge in [-0.25, -0.2) is 4.79 Å². The van der Waals surface area contributed by atoms with Crippen LogP contribution < -0.4 is 5.32 Å². The second kappa shape index (κ2) is 23.3. The average Bonchev–Trinajstić information content (AvgIpc) is 3.63. The first-order valence-corrected chi connectivity index (χ1v) is 16.9. The normalized spacial score (nSPS) is 18.5. The van der Waals surface area contributed by atoms with Crippen molar-refractivity contribution in [1.82, 2.24) is 10.2 Å². The van der Waals surface area contributed by atoms with Gasteiger partial charge in [0.25, 0.3) is 0 Å². The molecule has 2 heterocycles. The molecule has 1 N–H and O–H groups in total. The number of alkyl carbamates (subject to hydrolysis) is 1. The van der Waals surface area contributed by atoms with E-state index in [0.717, 1.165) is 50.9 Å². The van der Waals surface area contributed by atoms with E-state index in [1.165, 1.54) is 70.6 Å². The maximum Gasteiger partial charge on any atom is 0.407 e. The van der Waals surface area contributed by atoms with Gasteiger partial charge in [0.1, 0.15) is 6.61 Å². The Morgan fingerprint density at radius 1 is 0.872 bits per heavy atom. The lowest BCUT2D eigenvalue weighted by atomic mass is 10.0. The van der Waals surface area contributed by atoms with Crippen molar-refractivity contribution in [1.29, 1.82) is 0 Å². The number of esters is 1. The molecule has 226 valence electrons. The summed E-state index contributed by atoms with van der Waals surface area (Å²) in [5.74, 6) is 1.05. The lowest BCUT2D eigenvalue weighted by molar-refractivity contribution is -0.147. The predicted molar refractivity (Wildman–Crippen MR) is 161 cm³/mol. The van der Waals surface area contributed by atoms with Gasteiger partial charge < -0.3 is 24.4 Å². The molecule has 0 radical (unpaired) electrons. The summed E-state index contributed by atoms with van der Waals surface area (Å²) >= 11 is 1.81. The first kappa shape index (κ1) is 33.8. The Balaban J connectivity index is 1.32. The van der Waals surface area contributed by atoms with Gasteiger partial charge in [-0.15, -0.1) is 11.8 Å². The van der Waals surface area contributed by atoms with Crippen LogP contribution in [0.5, 0.6) is 0 Å². The van der Waals surface area contributed by atoms with Gasteiger partial charge in [0.2, 0.25) is 0 Å². The van der Waals surface area contributed by atoms with E-state index >= 15 is 0 Å². The molecular formula is C31H56N2O5S. The molecule has 0 aromatic carbocycles. The highest BCUT2D eigenvalue weighted by Crippen LogP contribution is 2.21. The summed E-state index contributed by atoms with van der Waals surface area (Å²) in [4.78, 5) is 26.3. The highest BCUT2D eigenvalue weighted by Gasteiger charge is 2.27. The van der Waals surface area contributed by atoms with Crippen molar-refractivity contribution in [3.63, 3.8) is 0 Å². The van der Waals surface area contributed by atoms with Crippen LogP contribution in [0.25, 0.3) is 0 Å². The van der Waals surface area contributed by atoms with Gasteiger partial charge >= 0.3 is 12.1 Å². The summed E-state index contributed by atoms with van der Waals surface area (Å²) in [5.41, 5.74) is 0. The van der Waals surface area contributed by atoms with Gasteiger partial charge in [-0.1, -0.05) is 90.4 Å². The fraction of sp³-hybridized carbons (Fsp3) is 0.871. The molecule has 0 saturated carbocycles. The maximum absolute atomic E-state index is 12.0. The van der Waals surface area contributed by atoms with Gasteiger partial charge in [0, 0.05) is 31.6 Å². The van der Waals surface area contributed by atoms with E-state index < -0.39 is 0 Å². The molecule has 1 amide bonds. The van der Waals surface area contributed by atoms with Crippen molar-refractivity contribution in [2.45, 2.75) is 129 Å². The number of hydrogen-bond donors (Lipinski definition) is 1. The Morgan fingerprint density at radius 3 is 2.21 bits per heavy atom. The Morgan fingerprint density at radius 2 is 1.54 bits per heavy atom. The van der Waals surface area contributed by atoms with Crippen LogP contribution in [0.4, 0.5) is 4.79 Å². The molecule has 8 heteroatoms. The van der Waals surface area contributed by atoms with Crippen molar-refractivity contribution < 1.29 is 23.8 Å². The fourth-order valence-electron chi connectivity index (χ4n) is 5.06. The second-order valence-corrected chi connectivity index (χ2v) is 12.1. The summed E-state index contributed by atoms with van der Waals surface area (Å²) in [7, 11) is 0. The minimum absolute atomic E-state index is 0.101. The van der Waals surface area contributed by atoms with Crippen LogP contribution >= 0.6 is 11.8 Å². The summed E-state index contributed by atoms with van der Waals surface area (Å²) in [6.07, 6.45) is 23.0. The minimum atomic E-state index is -0.344. The number of nitrogens with zero attached hydrogens (tertiary/aromatic N) is 1. The Hall–Kier alpha value is -1.41. The number of nitrogens with one attached hydrogen (secondary N) is 1. The third kappa shape index (κ3) is 18.5. The van der Waals surface area contributed by atoms with E-state index in [2.05, 4.69) is 28.7 Å². The Labute approximate surface area is 242 Å². The van der Waals surface area contributed by atoms with Crippen molar-refractivity contribution in [3.05, 3.63) is 11.6 Å². The summed E-state index contributed by atoms with van der Waals surface area (Å²) < 4.78 is 16.5. The minimum Gasteiger partial charge on any atom is -0.463 e. The number of thioether (sulfide) groups is 1. The van der Waals surface area contributed by atoms with E-state index in [1.54, 1.807) is 0 Å². The molecular weight excluding hydrogens is 512 g/mol. The van der Waals surface area contributed by atoms with Crippen LogP contribution in [0.1, 0.15) is 122 Å². The fourth-order valence-corrected chi connectivity index (χ4v) is 5.81. The summed E-state index contributed by atoms with van der Waals surface area (Å²) in [5, 5.41) is 4.98. The Bertz CT molecular complexity index is 663. The Kier molecular flexibility index (Phi) is 20.2. The van der Waals surface area contributed by atoms with Crippen molar-refractivity contribution >= 4 is 23.8 Å². The van der Waals surface area contributed by atoms with Crippen LogP contribution in [0, 0.1) is 5.92 Å².